The van der Waals surface area contributed by atoms with Gasteiger partial charge in [0.2, 0.25) is 15.9 Å². The Morgan fingerprint density at radius 2 is 1.71 bits per heavy atom. The molecule has 3 aromatic rings. The summed E-state index contributed by atoms with van der Waals surface area (Å²) in [6, 6.07) is 10.2. The Labute approximate surface area is 263 Å². The number of carbonyl (C=O) groups excluding carboxylic acids is 2. The molecule has 4 rings (SSSR count). The van der Waals surface area contributed by atoms with Crippen molar-refractivity contribution in [1.82, 2.24) is 14.6 Å². The van der Waals surface area contributed by atoms with E-state index in [0.717, 1.165) is 51.0 Å². The largest absolute Gasteiger partial charge is 0.573 e. The Morgan fingerprint density at radius 3 is 2.29 bits per heavy atom. The minimum atomic E-state index is -4.95. The topological polar surface area (TPSA) is 144 Å². The minimum Gasteiger partial charge on any atom is -0.462 e. The molecule has 1 amide bonds. The molecule has 0 spiro atoms. The Bertz CT molecular complexity index is 1620. The first-order chi connectivity index (χ1) is 21.0. The first-order valence-corrected chi connectivity index (χ1v) is 16.2. The number of esters is 1. The summed E-state index contributed by atoms with van der Waals surface area (Å²) in [5, 5.41) is 3.11. The van der Waals surface area contributed by atoms with E-state index in [4.69, 9.17) is 10.5 Å². The third kappa shape index (κ3) is 8.23. The van der Waals surface area contributed by atoms with Crippen LogP contribution < -0.4 is 20.7 Å². The van der Waals surface area contributed by atoms with Crippen LogP contribution in [0.2, 0.25) is 0 Å². The molecule has 16 heteroatoms. The molecule has 1 aromatic heterocycles. The van der Waals surface area contributed by atoms with E-state index in [0.29, 0.717) is 5.13 Å². The maximum atomic E-state index is 13.7. The number of nitrogens with zero attached hydrogens (tertiary/aromatic N) is 3. The molecule has 1 atom stereocenters. The Kier molecular flexibility index (Phi) is 9.99. The molecule has 0 bridgehead atoms. The predicted molar refractivity (Wildman–Crippen MR) is 162 cm³/mol. The number of thiazole rings is 1. The molecule has 11 nitrogen and oxygen atoms in total. The lowest BCUT2D eigenvalue weighted by Gasteiger charge is -2.39. The number of anilines is 2. The quantitative estimate of drug-likeness (QED) is 0.319. The Hall–Kier alpha value is -3.89. The maximum Gasteiger partial charge on any atom is 0.573 e. The third-order valence-electron chi connectivity index (χ3n) is 6.96. The molecule has 1 aliphatic rings. The summed E-state index contributed by atoms with van der Waals surface area (Å²) in [5.74, 6) is -1.89. The average molecular weight is 670 g/mol. The van der Waals surface area contributed by atoms with Gasteiger partial charge in [-0.05, 0) is 47.7 Å². The van der Waals surface area contributed by atoms with E-state index < -0.39 is 40.1 Å². The van der Waals surface area contributed by atoms with Gasteiger partial charge in [-0.15, -0.1) is 13.2 Å². The number of nitrogen functional groups attached to an aromatic ring is 1. The molecule has 3 N–H and O–H groups in total. The fraction of sp³-hybridized carbons (Fsp3) is 0.414. The number of carbonyl (C=O) groups is 2. The van der Waals surface area contributed by atoms with Gasteiger partial charge in [-0.1, -0.05) is 56.4 Å². The van der Waals surface area contributed by atoms with Crippen molar-refractivity contribution in [3.05, 3.63) is 64.5 Å². The maximum absolute atomic E-state index is 13.7. The van der Waals surface area contributed by atoms with E-state index in [1.165, 1.54) is 0 Å². The predicted octanol–water partition coefficient (Wildman–Crippen LogP) is 4.29. The summed E-state index contributed by atoms with van der Waals surface area (Å²) >= 11 is 0.962. The molecule has 1 unspecified atom stereocenters. The van der Waals surface area contributed by atoms with E-state index in [2.05, 4.69) is 35.8 Å². The SMILES string of the molecule is CCOC(=O)c1sc(N2CCN(S(=O)(=O)c3ccc(OC(F)(F)F)cc3)C(C(=O)NCc3ccc(C(C)(C)C)cc3)C2)nc1N. The van der Waals surface area contributed by atoms with Crippen molar-refractivity contribution in [3.63, 3.8) is 0 Å². The molecular weight excluding hydrogens is 635 g/mol. The fourth-order valence-corrected chi connectivity index (χ4v) is 7.10. The number of halogens is 3. The zero-order valence-electron chi connectivity index (χ0n) is 25.1. The standard InChI is InChI=1S/C29H34F3N5O6S2/c1-5-42-26(39)23-24(33)35-27(44-23)36-14-15-37(45(40,41)21-12-10-20(11-13-21)43-29(30,31)32)22(17-36)25(38)34-16-18-6-8-19(9-7-18)28(2,3)4/h6-13,22H,5,14-17,33H2,1-4H3,(H,34,38). The number of amides is 1. The van der Waals surface area contributed by atoms with Gasteiger partial charge in [0.25, 0.3) is 0 Å². The summed E-state index contributed by atoms with van der Waals surface area (Å²) in [6.07, 6.45) is -4.95. The van der Waals surface area contributed by atoms with Gasteiger partial charge in [0.1, 0.15) is 11.8 Å². The third-order valence-corrected chi connectivity index (χ3v) is 9.99. The van der Waals surface area contributed by atoms with Gasteiger partial charge in [0.05, 0.1) is 11.5 Å². The van der Waals surface area contributed by atoms with Crippen LogP contribution in [0.15, 0.2) is 53.4 Å². The van der Waals surface area contributed by atoms with Crippen LogP contribution in [0.5, 0.6) is 5.75 Å². The van der Waals surface area contributed by atoms with Crippen molar-refractivity contribution in [1.29, 1.82) is 0 Å². The van der Waals surface area contributed by atoms with E-state index in [9.17, 15) is 31.2 Å². The molecule has 244 valence electrons. The summed E-state index contributed by atoms with van der Waals surface area (Å²) in [5.41, 5.74) is 7.79. The summed E-state index contributed by atoms with van der Waals surface area (Å²) < 4.78 is 75.2. The lowest BCUT2D eigenvalue weighted by atomic mass is 9.87. The van der Waals surface area contributed by atoms with Gasteiger partial charge >= 0.3 is 12.3 Å². The Morgan fingerprint density at radius 1 is 1.07 bits per heavy atom. The smallest absolute Gasteiger partial charge is 0.462 e. The first-order valence-electron chi connectivity index (χ1n) is 13.9. The number of aromatic nitrogens is 1. The molecule has 1 saturated heterocycles. The molecule has 1 fully saturated rings. The highest BCUT2D eigenvalue weighted by Gasteiger charge is 2.41. The summed E-state index contributed by atoms with van der Waals surface area (Å²) in [4.78, 5) is 31.6. The van der Waals surface area contributed by atoms with Crippen molar-refractivity contribution in [2.24, 2.45) is 0 Å². The van der Waals surface area contributed by atoms with Crippen LogP contribution in [0, 0.1) is 0 Å². The van der Waals surface area contributed by atoms with Crippen molar-refractivity contribution in [3.8, 4) is 5.75 Å². The van der Waals surface area contributed by atoms with Crippen molar-refractivity contribution in [2.45, 2.75) is 57.0 Å². The second-order valence-electron chi connectivity index (χ2n) is 11.2. The van der Waals surface area contributed by atoms with Gasteiger partial charge in [0, 0.05) is 26.2 Å². The molecular formula is C29H34F3N5O6S2. The molecule has 2 aromatic carbocycles. The average Bonchev–Trinajstić information content (AvgIpc) is 3.36. The van der Waals surface area contributed by atoms with Crippen LogP contribution in [-0.2, 0) is 31.5 Å². The monoisotopic (exact) mass is 669 g/mol. The number of hydrogen-bond donors (Lipinski definition) is 2. The van der Waals surface area contributed by atoms with Gasteiger partial charge in [-0.2, -0.15) is 4.31 Å². The number of alkyl halides is 3. The fourth-order valence-electron chi connectivity index (χ4n) is 4.62. The minimum absolute atomic E-state index is 0.0515. The number of sulfonamides is 1. The highest BCUT2D eigenvalue weighted by atomic mass is 32.2. The van der Waals surface area contributed by atoms with Crippen molar-refractivity contribution < 1.29 is 40.7 Å². The summed E-state index contributed by atoms with van der Waals surface area (Å²) in [6.45, 7) is 7.91. The number of rotatable bonds is 9. The lowest BCUT2D eigenvalue weighted by Crippen LogP contribution is -2.60. The second kappa shape index (κ2) is 13.2. The molecule has 0 aliphatic carbocycles. The lowest BCUT2D eigenvalue weighted by molar-refractivity contribution is -0.274. The van der Waals surface area contributed by atoms with Crippen LogP contribution in [0.1, 0.15) is 48.5 Å². The number of ether oxygens (including phenoxy) is 2. The number of piperazine rings is 1. The van der Waals surface area contributed by atoms with Gasteiger partial charge in [-0.25, -0.2) is 18.2 Å². The van der Waals surface area contributed by atoms with Gasteiger partial charge in [0.15, 0.2) is 15.8 Å². The zero-order chi connectivity index (χ0) is 33.2. The highest BCUT2D eigenvalue weighted by molar-refractivity contribution is 7.89. The van der Waals surface area contributed by atoms with Crippen LogP contribution in [0.4, 0.5) is 24.1 Å². The normalized spacial score (nSPS) is 16.3. The highest BCUT2D eigenvalue weighted by Crippen LogP contribution is 2.32. The molecule has 0 saturated carbocycles. The molecule has 45 heavy (non-hydrogen) atoms. The number of hydrogen-bond acceptors (Lipinski definition) is 10. The molecule has 2 heterocycles. The van der Waals surface area contributed by atoms with Crippen LogP contribution in [0.25, 0.3) is 0 Å². The molecule has 0 radical (unpaired) electrons. The van der Waals surface area contributed by atoms with Crippen molar-refractivity contribution >= 4 is 44.2 Å². The first kappa shape index (κ1) is 34.0. The van der Waals surface area contributed by atoms with E-state index in [1.54, 1.807) is 11.8 Å². The number of nitrogens with two attached hydrogens (primary N) is 1. The van der Waals surface area contributed by atoms with Crippen LogP contribution >= 0.6 is 11.3 Å². The van der Waals surface area contributed by atoms with Crippen molar-refractivity contribution in [2.75, 3.05) is 36.9 Å². The van der Waals surface area contributed by atoms with E-state index in [-0.39, 0.29) is 53.8 Å². The van der Waals surface area contributed by atoms with Crippen LogP contribution in [-0.4, -0.2) is 68.2 Å². The summed E-state index contributed by atoms with van der Waals surface area (Å²) in [7, 11) is -4.36. The van der Waals surface area contributed by atoms with Crippen LogP contribution in [0.3, 0.4) is 0 Å². The number of benzene rings is 2. The Balaban J connectivity index is 1.60. The van der Waals surface area contributed by atoms with E-state index >= 15 is 0 Å². The van der Waals surface area contributed by atoms with Gasteiger partial charge in [-0.3, -0.25) is 4.79 Å². The van der Waals surface area contributed by atoms with E-state index in [1.807, 2.05) is 24.3 Å². The molecule has 1 aliphatic heterocycles. The second-order valence-corrected chi connectivity index (χ2v) is 14.1. The zero-order valence-corrected chi connectivity index (χ0v) is 26.7. The van der Waals surface area contributed by atoms with Gasteiger partial charge < -0.3 is 25.4 Å². The number of nitrogens with one attached hydrogen (secondary N) is 1.